The number of hydrogen-bond acceptors (Lipinski definition) is 1. The zero-order valence-corrected chi connectivity index (χ0v) is 12.6. The summed E-state index contributed by atoms with van der Waals surface area (Å²) < 4.78 is 1.14. The van der Waals surface area contributed by atoms with Crippen molar-refractivity contribution in [3.8, 4) is 0 Å². The van der Waals surface area contributed by atoms with Gasteiger partial charge in [0.1, 0.15) is 0 Å². The van der Waals surface area contributed by atoms with Crippen LogP contribution in [0.2, 0.25) is 0 Å². The molecule has 3 heteroatoms. The molecular weight excluding hydrogens is 337 g/mol. The van der Waals surface area contributed by atoms with Gasteiger partial charge in [-0.15, -0.1) is 0 Å². The van der Waals surface area contributed by atoms with Gasteiger partial charge in [-0.2, -0.15) is 0 Å². The summed E-state index contributed by atoms with van der Waals surface area (Å²) in [6, 6.07) is 8.47. The van der Waals surface area contributed by atoms with E-state index in [9.17, 15) is 4.79 Å². The van der Waals surface area contributed by atoms with E-state index in [1.54, 1.807) is 0 Å². The highest BCUT2D eigenvalue weighted by molar-refractivity contribution is 14.1. The first-order chi connectivity index (χ1) is 8.75. The van der Waals surface area contributed by atoms with Crippen LogP contribution in [-0.2, 0) is 0 Å². The summed E-state index contributed by atoms with van der Waals surface area (Å²) in [6.07, 6.45) is 6.38. The molecule has 2 fully saturated rings. The van der Waals surface area contributed by atoms with Gasteiger partial charge in [0.25, 0.3) is 5.91 Å². The number of halogens is 1. The van der Waals surface area contributed by atoms with E-state index >= 15 is 0 Å². The Labute approximate surface area is 122 Å². The van der Waals surface area contributed by atoms with Gasteiger partial charge in [-0.3, -0.25) is 4.79 Å². The molecule has 3 rings (SSSR count). The minimum Gasteiger partial charge on any atom is -0.335 e. The molecule has 2 unspecified atom stereocenters. The minimum absolute atomic E-state index is 0.239. The first-order valence-corrected chi connectivity index (χ1v) is 7.90. The normalized spacial score (nSPS) is 27.1. The number of carbonyl (C=O) groups excluding carboxylic acids is 1. The van der Waals surface area contributed by atoms with Gasteiger partial charge in [-0.25, -0.2) is 0 Å². The highest BCUT2D eigenvalue weighted by Crippen LogP contribution is 2.36. The second-order valence-corrected chi connectivity index (χ2v) is 6.66. The zero-order valence-electron chi connectivity index (χ0n) is 10.4. The Balaban J connectivity index is 1.80. The van der Waals surface area contributed by atoms with Crippen LogP contribution in [0.25, 0.3) is 0 Å². The van der Waals surface area contributed by atoms with E-state index < -0.39 is 0 Å². The van der Waals surface area contributed by atoms with Crippen LogP contribution >= 0.6 is 22.6 Å². The fraction of sp³-hybridized carbons (Fsp3) is 0.533. The van der Waals surface area contributed by atoms with Crippen molar-refractivity contribution in [2.45, 2.75) is 38.1 Å². The van der Waals surface area contributed by atoms with E-state index in [2.05, 4.69) is 27.5 Å². The Morgan fingerprint density at radius 3 is 2.89 bits per heavy atom. The Morgan fingerprint density at radius 1 is 1.22 bits per heavy atom. The van der Waals surface area contributed by atoms with Crippen molar-refractivity contribution in [3.05, 3.63) is 33.4 Å². The summed E-state index contributed by atoms with van der Waals surface area (Å²) in [5.74, 6) is 1.01. The number of hydrogen-bond donors (Lipinski definition) is 0. The molecule has 1 aromatic rings. The molecule has 1 saturated heterocycles. The maximum absolute atomic E-state index is 12.6. The quantitative estimate of drug-likeness (QED) is 0.704. The van der Waals surface area contributed by atoms with Gasteiger partial charge in [0, 0.05) is 21.7 Å². The molecule has 2 nitrogen and oxygen atoms in total. The van der Waals surface area contributed by atoms with Crippen molar-refractivity contribution in [2.24, 2.45) is 5.92 Å². The summed E-state index contributed by atoms with van der Waals surface area (Å²) in [5, 5.41) is 0. The maximum Gasteiger partial charge on any atom is 0.254 e. The van der Waals surface area contributed by atoms with Crippen molar-refractivity contribution in [3.63, 3.8) is 0 Å². The molecule has 0 aromatic heterocycles. The predicted octanol–water partition coefficient (Wildman–Crippen LogP) is 3.70. The van der Waals surface area contributed by atoms with Gasteiger partial charge in [-0.1, -0.05) is 18.9 Å². The molecule has 1 saturated carbocycles. The number of benzene rings is 1. The topological polar surface area (TPSA) is 20.3 Å². The molecule has 1 aliphatic heterocycles. The average molecular weight is 355 g/mol. The van der Waals surface area contributed by atoms with Crippen LogP contribution in [-0.4, -0.2) is 23.4 Å². The van der Waals surface area contributed by atoms with Crippen LogP contribution in [0, 0.1) is 9.49 Å². The Kier molecular flexibility index (Phi) is 3.59. The molecule has 2 atom stereocenters. The molecule has 0 bridgehead atoms. The highest BCUT2D eigenvalue weighted by atomic mass is 127. The van der Waals surface area contributed by atoms with E-state index in [1.807, 2.05) is 24.3 Å². The van der Waals surface area contributed by atoms with Gasteiger partial charge in [0.2, 0.25) is 0 Å². The first-order valence-electron chi connectivity index (χ1n) is 6.82. The number of fused-ring (bicyclic) bond motifs is 1. The first kappa shape index (κ1) is 12.5. The van der Waals surface area contributed by atoms with E-state index in [1.165, 1.54) is 32.1 Å². The SMILES string of the molecule is O=C(c1cccc(I)c1)N1CCC2CCCCC21. The van der Waals surface area contributed by atoms with E-state index in [0.717, 1.165) is 21.6 Å². The Bertz CT molecular complexity index is 460. The lowest BCUT2D eigenvalue weighted by Gasteiger charge is -2.31. The van der Waals surface area contributed by atoms with Gasteiger partial charge in [0.05, 0.1) is 0 Å². The number of carbonyl (C=O) groups is 1. The lowest BCUT2D eigenvalue weighted by Crippen LogP contribution is -2.39. The van der Waals surface area contributed by atoms with E-state index in [-0.39, 0.29) is 5.91 Å². The van der Waals surface area contributed by atoms with Crippen molar-refractivity contribution < 1.29 is 4.79 Å². The minimum atomic E-state index is 0.239. The fourth-order valence-electron chi connectivity index (χ4n) is 3.45. The van der Waals surface area contributed by atoms with Crippen molar-refractivity contribution in [2.75, 3.05) is 6.54 Å². The molecule has 1 amide bonds. The second kappa shape index (κ2) is 5.19. The number of amides is 1. The summed E-state index contributed by atoms with van der Waals surface area (Å²) >= 11 is 2.27. The second-order valence-electron chi connectivity index (χ2n) is 5.41. The number of nitrogens with zero attached hydrogens (tertiary/aromatic N) is 1. The van der Waals surface area contributed by atoms with Crippen LogP contribution in [0.15, 0.2) is 24.3 Å². The molecule has 0 spiro atoms. The monoisotopic (exact) mass is 355 g/mol. The average Bonchev–Trinajstić information content (AvgIpc) is 2.82. The maximum atomic E-state index is 12.6. The lowest BCUT2D eigenvalue weighted by molar-refractivity contribution is 0.0690. The van der Waals surface area contributed by atoms with Crippen LogP contribution in [0.4, 0.5) is 0 Å². The Morgan fingerprint density at radius 2 is 2.06 bits per heavy atom. The lowest BCUT2D eigenvalue weighted by atomic mass is 9.85. The van der Waals surface area contributed by atoms with E-state index in [0.29, 0.717) is 6.04 Å². The largest absolute Gasteiger partial charge is 0.335 e. The smallest absolute Gasteiger partial charge is 0.254 e. The van der Waals surface area contributed by atoms with Crippen molar-refractivity contribution in [1.82, 2.24) is 4.90 Å². The molecule has 18 heavy (non-hydrogen) atoms. The summed E-state index contributed by atoms with van der Waals surface area (Å²) in [6.45, 7) is 0.958. The van der Waals surface area contributed by atoms with Crippen LogP contribution in [0.5, 0.6) is 0 Å². The Hall–Kier alpha value is -0.580. The van der Waals surface area contributed by atoms with Gasteiger partial charge >= 0.3 is 0 Å². The molecular formula is C15H18INO. The van der Waals surface area contributed by atoms with Crippen LogP contribution in [0.3, 0.4) is 0 Å². The molecule has 0 radical (unpaired) electrons. The van der Waals surface area contributed by atoms with Crippen molar-refractivity contribution in [1.29, 1.82) is 0 Å². The third-order valence-corrected chi connectivity index (χ3v) is 5.01. The van der Waals surface area contributed by atoms with Crippen LogP contribution < -0.4 is 0 Å². The molecule has 2 aliphatic rings. The number of likely N-dealkylation sites (tertiary alicyclic amines) is 1. The third-order valence-electron chi connectivity index (χ3n) is 4.34. The molecule has 1 aromatic carbocycles. The summed E-state index contributed by atoms with van der Waals surface area (Å²) in [5.41, 5.74) is 0.855. The molecule has 0 N–H and O–H groups in total. The highest BCUT2D eigenvalue weighted by Gasteiger charge is 2.38. The van der Waals surface area contributed by atoms with Gasteiger partial charge < -0.3 is 4.90 Å². The standard InChI is InChI=1S/C15H18INO/c16-13-6-3-5-12(10-13)15(18)17-9-8-11-4-1-2-7-14(11)17/h3,5-6,10-11,14H,1-2,4,7-9H2. The van der Waals surface area contributed by atoms with Crippen molar-refractivity contribution >= 4 is 28.5 Å². The van der Waals surface area contributed by atoms with Gasteiger partial charge in [-0.05, 0) is 66.0 Å². The van der Waals surface area contributed by atoms with Gasteiger partial charge in [0.15, 0.2) is 0 Å². The number of rotatable bonds is 1. The third kappa shape index (κ3) is 2.29. The summed E-state index contributed by atoms with van der Waals surface area (Å²) in [4.78, 5) is 14.7. The molecule has 1 heterocycles. The molecule has 96 valence electrons. The van der Waals surface area contributed by atoms with E-state index in [4.69, 9.17) is 0 Å². The summed E-state index contributed by atoms with van der Waals surface area (Å²) in [7, 11) is 0. The zero-order chi connectivity index (χ0) is 12.5. The predicted molar refractivity (Wildman–Crippen MR) is 80.6 cm³/mol. The van der Waals surface area contributed by atoms with Crippen LogP contribution in [0.1, 0.15) is 42.5 Å². The fourth-order valence-corrected chi connectivity index (χ4v) is 3.99. The molecule has 1 aliphatic carbocycles.